The van der Waals surface area contributed by atoms with E-state index < -0.39 is 0 Å². The summed E-state index contributed by atoms with van der Waals surface area (Å²) in [6, 6.07) is 7.91. The molecule has 21 heavy (non-hydrogen) atoms. The minimum absolute atomic E-state index is 0.129. The van der Waals surface area contributed by atoms with Crippen LogP contribution >= 0.6 is 0 Å². The Morgan fingerprint density at radius 3 is 2.57 bits per heavy atom. The first kappa shape index (κ1) is 13.5. The number of benzene rings is 1. The van der Waals surface area contributed by atoms with Crippen LogP contribution in [0.25, 0.3) is 16.6 Å². The third-order valence-corrected chi connectivity index (χ3v) is 3.69. The highest BCUT2D eigenvalue weighted by atomic mass is 16.1. The Bertz CT molecular complexity index is 874. The molecule has 0 bridgehead atoms. The molecule has 2 heterocycles. The minimum atomic E-state index is -0.129. The molecule has 0 fully saturated rings. The van der Waals surface area contributed by atoms with Crippen molar-refractivity contribution in [2.24, 2.45) is 7.05 Å². The number of aryl methyl sites for hydroxylation is 2. The van der Waals surface area contributed by atoms with Crippen molar-refractivity contribution in [3.8, 4) is 5.69 Å². The smallest absolute Gasteiger partial charge is 0.265 e. The van der Waals surface area contributed by atoms with Crippen LogP contribution in [0.2, 0.25) is 0 Å². The van der Waals surface area contributed by atoms with Crippen LogP contribution < -0.4 is 5.56 Å². The summed E-state index contributed by atoms with van der Waals surface area (Å²) in [5, 5.41) is 9.65. The highest BCUT2D eigenvalue weighted by Crippen LogP contribution is 2.23. The molecular formula is C16H18N4O. The van der Waals surface area contributed by atoms with E-state index in [2.05, 4.69) is 24.0 Å². The van der Waals surface area contributed by atoms with Gasteiger partial charge in [0.2, 0.25) is 0 Å². The summed E-state index contributed by atoms with van der Waals surface area (Å²) in [4.78, 5) is 12.5. The summed E-state index contributed by atoms with van der Waals surface area (Å²) in [5.41, 5.74) is 3.35. The van der Waals surface area contributed by atoms with E-state index in [1.165, 1.54) is 4.68 Å². The second kappa shape index (κ2) is 4.84. The van der Waals surface area contributed by atoms with Crippen molar-refractivity contribution in [3.63, 3.8) is 0 Å². The molecule has 3 rings (SSSR count). The van der Waals surface area contributed by atoms with Gasteiger partial charge in [0.05, 0.1) is 17.6 Å². The number of rotatable bonds is 2. The molecule has 1 aromatic carbocycles. The molecule has 0 radical (unpaired) electrons. The van der Waals surface area contributed by atoms with Gasteiger partial charge in [-0.05, 0) is 24.5 Å². The SMILES string of the molecule is Cc1ccccc1-n1ncc2c(C(C)C)nn(C)c(=O)c21. The zero-order chi connectivity index (χ0) is 15.1. The summed E-state index contributed by atoms with van der Waals surface area (Å²) in [7, 11) is 1.68. The van der Waals surface area contributed by atoms with Crippen LogP contribution in [0.5, 0.6) is 0 Å². The predicted molar refractivity (Wildman–Crippen MR) is 82.9 cm³/mol. The molecule has 5 nitrogen and oxygen atoms in total. The quantitative estimate of drug-likeness (QED) is 0.726. The first-order chi connectivity index (χ1) is 10.0. The van der Waals surface area contributed by atoms with Crippen molar-refractivity contribution in [1.82, 2.24) is 19.6 Å². The van der Waals surface area contributed by atoms with Crippen molar-refractivity contribution in [1.29, 1.82) is 0 Å². The Morgan fingerprint density at radius 1 is 1.19 bits per heavy atom. The summed E-state index contributed by atoms with van der Waals surface area (Å²) in [6.45, 7) is 6.15. The van der Waals surface area contributed by atoms with Crippen molar-refractivity contribution in [3.05, 3.63) is 52.1 Å². The lowest BCUT2D eigenvalue weighted by molar-refractivity contribution is 0.663. The Hall–Kier alpha value is -2.43. The van der Waals surface area contributed by atoms with E-state index in [4.69, 9.17) is 0 Å². The Labute approximate surface area is 122 Å². The van der Waals surface area contributed by atoms with Gasteiger partial charge in [-0.25, -0.2) is 9.36 Å². The standard InChI is InChI=1S/C16H18N4O/c1-10(2)14-12-9-17-20(13-8-6-5-7-11(13)3)15(12)16(21)19(4)18-14/h5-10H,1-4H3. The van der Waals surface area contributed by atoms with Crippen molar-refractivity contribution in [2.75, 3.05) is 0 Å². The average molecular weight is 282 g/mol. The topological polar surface area (TPSA) is 52.7 Å². The molecule has 3 aromatic rings. The van der Waals surface area contributed by atoms with Gasteiger partial charge >= 0.3 is 0 Å². The molecule has 108 valence electrons. The molecule has 0 aliphatic carbocycles. The van der Waals surface area contributed by atoms with E-state index in [1.54, 1.807) is 17.9 Å². The number of hydrogen-bond acceptors (Lipinski definition) is 3. The number of aromatic nitrogens is 4. The van der Waals surface area contributed by atoms with Gasteiger partial charge in [-0.2, -0.15) is 10.2 Å². The van der Waals surface area contributed by atoms with Crippen molar-refractivity contribution >= 4 is 10.9 Å². The molecule has 2 aromatic heterocycles. The lowest BCUT2D eigenvalue weighted by Gasteiger charge is -2.10. The van der Waals surface area contributed by atoms with Crippen molar-refractivity contribution in [2.45, 2.75) is 26.7 Å². The summed E-state index contributed by atoms with van der Waals surface area (Å²) in [5.74, 6) is 0.230. The normalized spacial score (nSPS) is 11.5. The fraction of sp³-hybridized carbons (Fsp3) is 0.312. The van der Waals surface area contributed by atoms with Crippen LogP contribution in [0.1, 0.15) is 31.0 Å². The lowest BCUT2D eigenvalue weighted by atomic mass is 10.1. The molecule has 0 unspecified atom stereocenters. The highest BCUT2D eigenvalue weighted by molar-refractivity contribution is 5.82. The van der Waals surface area contributed by atoms with Crippen molar-refractivity contribution < 1.29 is 0 Å². The third kappa shape index (κ3) is 2.05. The number of para-hydroxylation sites is 1. The zero-order valence-electron chi connectivity index (χ0n) is 12.7. The largest absolute Gasteiger partial charge is 0.293 e. The maximum atomic E-state index is 12.5. The Balaban J connectivity index is 2.42. The number of hydrogen-bond donors (Lipinski definition) is 0. The molecule has 0 spiro atoms. The monoisotopic (exact) mass is 282 g/mol. The maximum absolute atomic E-state index is 12.5. The molecule has 0 saturated heterocycles. The lowest BCUT2D eigenvalue weighted by Crippen LogP contribution is -2.23. The van der Waals surface area contributed by atoms with Gasteiger partial charge in [0, 0.05) is 12.4 Å². The molecule has 0 atom stereocenters. The Kier molecular flexibility index (Phi) is 3.12. The van der Waals surface area contributed by atoms with Gasteiger partial charge in [0.15, 0.2) is 0 Å². The number of fused-ring (bicyclic) bond motifs is 1. The summed E-state index contributed by atoms with van der Waals surface area (Å²) in [6.07, 6.45) is 1.74. The Morgan fingerprint density at radius 2 is 1.90 bits per heavy atom. The zero-order valence-corrected chi connectivity index (χ0v) is 12.7. The average Bonchev–Trinajstić information content (AvgIpc) is 2.88. The second-order valence-electron chi connectivity index (χ2n) is 5.57. The van der Waals surface area contributed by atoms with Gasteiger partial charge in [0.1, 0.15) is 5.52 Å². The van der Waals surface area contributed by atoms with Crippen LogP contribution in [0, 0.1) is 6.92 Å². The van der Waals surface area contributed by atoms with Crippen LogP contribution in [0.15, 0.2) is 35.3 Å². The van der Waals surface area contributed by atoms with Gasteiger partial charge < -0.3 is 0 Å². The molecule has 0 saturated carbocycles. The number of nitrogens with zero attached hydrogens (tertiary/aromatic N) is 4. The molecular weight excluding hydrogens is 264 g/mol. The predicted octanol–water partition coefficient (Wildman–Crippen LogP) is 2.55. The van der Waals surface area contributed by atoms with Crippen LogP contribution in [-0.4, -0.2) is 19.6 Å². The molecule has 0 aliphatic heterocycles. The van der Waals surface area contributed by atoms with E-state index in [0.29, 0.717) is 5.52 Å². The third-order valence-electron chi connectivity index (χ3n) is 3.69. The highest BCUT2D eigenvalue weighted by Gasteiger charge is 2.17. The molecule has 0 amide bonds. The minimum Gasteiger partial charge on any atom is -0.265 e. The van der Waals surface area contributed by atoms with E-state index in [9.17, 15) is 4.79 Å². The van der Waals surface area contributed by atoms with Gasteiger partial charge in [-0.3, -0.25) is 4.79 Å². The van der Waals surface area contributed by atoms with E-state index in [0.717, 1.165) is 22.3 Å². The molecule has 5 heteroatoms. The molecule has 0 aliphatic rings. The fourth-order valence-corrected chi connectivity index (χ4v) is 2.57. The van der Waals surface area contributed by atoms with E-state index in [-0.39, 0.29) is 11.5 Å². The van der Waals surface area contributed by atoms with Gasteiger partial charge in [-0.1, -0.05) is 32.0 Å². The van der Waals surface area contributed by atoms with E-state index in [1.807, 2.05) is 31.2 Å². The van der Waals surface area contributed by atoms with Crippen LogP contribution in [0.3, 0.4) is 0 Å². The van der Waals surface area contributed by atoms with E-state index >= 15 is 0 Å². The first-order valence-corrected chi connectivity index (χ1v) is 7.01. The molecule has 0 N–H and O–H groups in total. The van der Waals surface area contributed by atoms with Crippen LogP contribution in [-0.2, 0) is 7.05 Å². The van der Waals surface area contributed by atoms with Gasteiger partial charge in [0.25, 0.3) is 5.56 Å². The summed E-state index contributed by atoms with van der Waals surface area (Å²) < 4.78 is 3.12. The first-order valence-electron chi connectivity index (χ1n) is 7.01. The summed E-state index contributed by atoms with van der Waals surface area (Å²) >= 11 is 0. The van der Waals surface area contributed by atoms with Gasteiger partial charge in [-0.15, -0.1) is 0 Å². The fourth-order valence-electron chi connectivity index (χ4n) is 2.57. The second-order valence-corrected chi connectivity index (χ2v) is 5.57. The maximum Gasteiger partial charge on any atom is 0.293 e. The van der Waals surface area contributed by atoms with Crippen LogP contribution in [0.4, 0.5) is 0 Å².